The van der Waals surface area contributed by atoms with Gasteiger partial charge in [0.25, 0.3) is 5.91 Å². The third kappa shape index (κ3) is 9.83. The van der Waals surface area contributed by atoms with Gasteiger partial charge in [0.2, 0.25) is 41.5 Å². The van der Waals surface area contributed by atoms with Gasteiger partial charge in [-0.2, -0.15) is 0 Å². The van der Waals surface area contributed by atoms with Gasteiger partial charge in [-0.15, -0.1) is 11.8 Å². The number of hydrogen-bond acceptors (Lipinski definition) is 12. The van der Waals surface area contributed by atoms with Crippen LogP contribution in [-0.2, 0) is 44.8 Å². The first-order chi connectivity index (χ1) is 26.8. The van der Waals surface area contributed by atoms with Gasteiger partial charge in [0, 0.05) is 42.5 Å². The lowest BCUT2D eigenvalue weighted by atomic mass is 9.95. The summed E-state index contributed by atoms with van der Waals surface area (Å²) in [5.41, 5.74) is -0.892. The second-order valence-electron chi connectivity index (χ2n) is 15.2. The number of hydrogen-bond donors (Lipinski definition) is 11. The predicted molar refractivity (Wildman–Crippen MR) is 201 cm³/mol. The molecule has 21 heteroatoms. The fourth-order valence-electron chi connectivity index (χ4n) is 6.94. The molecular formula is C36H48N8O12S. The van der Waals surface area contributed by atoms with Gasteiger partial charge >= 0.3 is 5.97 Å². The van der Waals surface area contributed by atoms with Crippen LogP contribution in [0.3, 0.4) is 0 Å². The van der Waals surface area contributed by atoms with E-state index in [4.69, 9.17) is 0 Å². The number of H-pyrrole nitrogens is 1. The van der Waals surface area contributed by atoms with Crippen molar-refractivity contribution in [3.8, 4) is 0 Å². The standard InChI is InChI=1S/C36H48N8O12S/c1-15(2)25-31(51)43-26(35(54)55)32(52)40-23-13-57-33-19(18-7-5-6-8-20(18)41-33)10-21(28(48)39-22(29(49)42-25)11-36(4,56)14-45)38-27(47)16(3)37-30(50)24-9-17(46)12-44(24)34(23)53/h5-8,15-17,21-26,41,45-46,56H,9-14H2,1-4H3,(H,37,50)(H,38,47)(H,39,48)(H,40,52)(H,42,49)(H,43,51)(H,54,55)/t16-,17?,21-,22-,23-,24-,25?,26-,36-/m0/s1. The van der Waals surface area contributed by atoms with Crippen molar-refractivity contribution >= 4 is 70.0 Å². The third-order valence-corrected chi connectivity index (χ3v) is 11.2. The molecule has 2 aromatic rings. The van der Waals surface area contributed by atoms with E-state index in [9.17, 15) is 58.8 Å². The number of aliphatic carboxylic acids is 1. The van der Waals surface area contributed by atoms with Crippen LogP contribution in [0.15, 0.2) is 29.3 Å². The van der Waals surface area contributed by atoms with Crippen molar-refractivity contribution in [2.45, 2.75) is 106 Å². The number of nitrogens with one attached hydrogen (secondary N) is 7. The number of carbonyl (C=O) groups is 8. The Kier molecular flexibility index (Phi) is 13.2. The Morgan fingerprint density at radius 2 is 1.58 bits per heavy atom. The molecule has 3 aliphatic rings. The average Bonchev–Trinajstić information content (AvgIpc) is 3.71. The number of carbonyl (C=O) groups excluding carboxylic acids is 7. The van der Waals surface area contributed by atoms with E-state index in [-0.39, 0.29) is 25.1 Å². The number of rotatable bonds is 5. The molecule has 0 aliphatic carbocycles. The van der Waals surface area contributed by atoms with E-state index in [2.05, 4.69) is 36.9 Å². The lowest BCUT2D eigenvalue weighted by Crippen LogP contribution is -2.62. The topological polar surface area (TPSA) is 309 Å². The molecule has 2 bridgehead atoms. The van der Waals surface area contributed by atoms with Gasteiger partial charge in [-0.3, -0.25) is 33.6 Å². The number of fused-ring (bicyclic) bond motifs is 5. The second kappa shape index (κ2) is 17.5. The summed E-state index contributed by atoms with van der Waals surface area (Å²) in [5, 5.41) is 57.1. The summed E-state index contributed by atoms with van der Waals surface area (Å²) >= 11 is 1.00. The van der Waals surface area contributed by atoms with Crippen LogP contribution in [-0.4, -0.2) is 151 Å². The molecule has 20 nitrogen and oxygen atoms in total. The number of carboxylic acid groups (broad SMARTS) is 1. The molecule has 0 spiro atoms. The normalized spacial score (nSPS) is 29.5. The number of para-hydroxylation sites is 1. The molecule has 1 saturated heterocycles. The first kappa shape index (κ1) is 42.9. The van der Waals surface area contributed by atoms with Crippen LogP contribution in [0.25, 0.3) is 10.9 Å². The number of aromatic amines is 1. The lowest BCUT2D eigenvalue weighted by molar-refractivity contribution is -0.148. The van der Waals surface area contributed by atoms with E-state index in [1.165, 1.54) is 27.7 Å². The maximum Gasteiger partial charge on any atom is 0.336 e. The molecular weight excluding hydrogens is 769 g/mol. The van der Waals surface area contributed by atoms with Gasteiger partial charge in [-0.05, 0) is 31.4 Å². The van der Waals surface area contributed by atoms with Crippen molar-refractivity contribution in [2.24, 2.45) is 5.92 Å². The number of aliphatic hydroxyl groups excluding tert-OH is 2. The lowest BCUT2D eigenvalue weighted by Gasteiger charge is -2.31. The Morgan fingerprint density at radius 3 is 2.25 bits per heavy atom. The van der Waals surface area contributed by atoms with E-state index in [0.29, 0.717) is 21.5 Å². The van der Waals surface area contributed by atoms with Gasteiger partial charge in [-0.25, -0.2) is 4.79 Å². The largest absolute Gasteiger partial charge is 0.479 e. The zero-order valence-electron chi connectivity index (χ0n) is 31.7. The molecule has 0 radical (unpaired) electrons. The van der Waals surface area contributed by atoms with Crippen LogP contribution in [0.4, 0.5) is 0 Å². The van der Waals surface area contributed by atoms with Crippen molar-refractivity contribution in [3.05, 3.63) is 29.8 Å². The van der Waals surface area contributed by atoms with Crippen LogP contribution >= 0.6 is 11.8 Å². The molecule has 57 heavy (non-hydrogen) atoms. The number of aliphatic hydroxyl groups is 3. The predicted octanol–water partition coefficient (Wildman–Crippen LogP) is -3.41. The third-order valence-electron chi connectivity index (χ3n) is 10.1. The van der Waals surface area contributed by atoms with Gasteiger partial charge in [0.1, 0.15) is 36.3 Å². The Hall–Kier alpha value is -5.25. The summed E-state index contributed by atoms with van der Waals surface area (Å²) in [6.07, 6.45) is -2.24. The van der Waals surface area contributed by atoms with Crippen molar-refractivity contribution in [3.63, 3.8) is 0 Å². The van der Waals surface area contributed by atoms with Crippen molar-refractivity contribution < 1.29 is 58.8 Å². The maximum atomic E-state index is 14.3. The molecule has 3 aliphatic heterocycles. The molecule has 4 heterocycles. The average molecular weight is 817 g/mol. The smallest absolute Gasteiger partial charge is 0.336 e. The number of aromatic nitrogens is 1. The monoisotopic (exact) mass is 816 g/mol. The summed E-state index contributed by atoms with van der Waals surface area (Å²) in [7, 11) is 0. The number of amides is 7. The van der Waals surface area contributed by atoms with Gasteiger partial charge in [-0.1, -0.05) is 32.0 Å². The maximum absolute atomic E-state index is 14.3. The summed E-state index contributed by atoms with van der Waals surface area (Å²) in [4.78, 5) is 114. The zero-order chi connectivity index (χ0) is 41.9. The molecule has 1 aromatic heterocycles. The summed E-state index contributed by atoms with van der Waals surface area (Å²) < 4.78 is 0. The van der Waals surface area contributed by atoms with Crippen LogP contribution < -0.4 is 31.9 Å². The Bertz CT molecular complexity index is 1940. The molecule has 1 fully saturated rings. The van der Waals surface area contributed by atoms with E-state index >= 15 is 0 Å². The fraction of sp³-hybridized carbons (Fsp3) is 0.556. The Morgan fingerprint density at radius 1 is 0.895 bits per heavy atom. The minimum absolute atomic E-state index is 0.235. The first-order valence-corrected chi connectivity index (χ1v) is 19.4. The highest BCUT2D eigenvalue weighted by atomic mass is 32.2. The molecule has 1 aromatic carbocycles. The van der Waals surface area contributed by atoms with Crippen LogP contribution in [0.5, 0.6) is 0 Å². The minimum atomic E-state index is -2.29. The summed E-state index contributed by atoms with van der Waals surface area (Å²) in [6.45, 7) is 4.38. The van der Waals surface area contributed by atoms with Crippen LogP contribution in [0.1, 0.15) is 46.1 Å². The van der Waals surface area contributed by atoms with Crippen molar-refractivity contribution in [1.82, 2.24) is 41.8 Å². The molecule has 2 unspecified atom stereocenters. The molecule has 7 amide bonds. The van der Waals surface area contributed by atoms with Gasteiger partial charge < -0.3 is 62.2 Å². The Balaban J connectivity index is 1.71. The molecule has 0 saturated carbocycles. The molecule has 9 atom stereocenters. The highest BCUT2D eigenvalue weighted by molar-refractivity contribution is 7.99. The Labute approximate surface area is 330 Å². The fourth-order valence-corrected chi connectivity index (χ4v) is 8.04. The number of benzene rings is 1. The van der Waals surface area contributed by atoms with E-state index in [1.54, 1.807) is 24.3 Å². The van der Waals surface area contributed by atoms with Gasteiger partial charge in [0.15, 0.2) is 0 Å². The van der Waals surface area contributed by atoms with Crippen LogP contribution in [0.2, 0.25) is 0 Å². The van der Waals surface area contributed by atoms with Crippen LogP contribution in [0, 0.1) is 5.92 Å². The van der Waals surface area contributed by atoms with E-state index in [0.717, 1.165) is 16.7 Å². The number of carboxylic acids is 1. The van der Waals surface area contributed by atoms with Gasteiger partial charge in [0.05, 0.1) is 23.3 Å². The number of nitrogens with zero attached hydrogens (tertiary/aromatic N) is 1. The van der Waals surface area contributed by atoms with Crippen molar-refractivity contribution in [1.29, 1.82) is 0 Å². The minimum Gasteiger partial charge on any atom is -0.479 e. The molecule has 5 rings (SSSR count). The highest BCUT2D eigenvalue weighted by Crippen LogP contribution is 2.32. The SMILES string of the molecule is CC(C)C1NC(=O)[C@H](C[C@](C)(O)CO)NC(=O)[C@@H]2Cc3c([nH]c4ccccc34)SC[C@H](NC(=O)[C@@H](C(=O)O)NC1=O)C(=O)N1CC(O)C[C@H]1C(=O)N[C@@H](C)C(=O)N2. The first-order valence-electron chi connectivity index (χ1n) is 18.4. The highest BCUT2D eigenvalue weighted by Gasteiger charge is 2.44. The van der Waals surface area contributed by atoms with Crippen molar-refractivity contribution in [2.75, 3.05) is 18.9 Å². The zero-order valence-corrected chi connectivity index (χ0v) is 32.5. The molecule has 11 N–H and O–H groups in total. The number of thioether (sulfide) groups is 1. The van der Waals surface area contributed by atoms with E-state index < -0.39 is 120 Å². The summed E-state index contributed by atoms with van der Waals surface area (Å²) in [6, 6.07) is -4.16. The quantitative estimate of drug-likeness (QED) is 0.131. The second-order valence-corrected chi connectivity index (χ2v) is 16.2. The summed E-state index contributed by atoms with van der Waals surface area (Å²) in [5.74, 6) is -9.76. The molecule has 310 valence electrons. The van der Waals surface area contributed by atoms with E-state index in [1.807, 2.05) is 0 Å².